The van der Waals surface area contributed by atoms with Gasteiger partial charge in [-0.05, 0) is 42.5 Å². The van der Waals surface area contributed by atoms with Gasteiger partial charge in [0, 0.05) is 4.47 Å². The van der Waals surface area contributed by atoms with Crippen LogP contribution in [0, 0.1) is 0 Å². The largest absolute Gasteiger partial charge is 0.508 e. The van der Waals surface area contributed by atoms with Crippen molar-refractivity contribution in [3.05, 3.63) is 58.6 Å². The Hall–Kier alpha value is -2.01. The zero-order chi connectivity index (χ0) is 14.4. The molecule has 0 aliphatic heterocycles. The van der Waals surface area contributed by atoms with Crippen molar-refractivity contribution in [1.29, 1.82) is 0 Å². The highest BCUT2D eigenvalue weighted by Crippen LogP contribution is 2.17. The van der Waals surface area contributed by atoms with Gasteiger partial charge in [-0.15, -0.1) is 0 Å². The predicted octanol–water partition coefficient (Wildman–Crippen LogP) is 3.39. The Morgan fingerprint density at radius 1 is 1.10 bits per heavy atom. The Bertz CT molecular complexity index is 581. The molecule has 0 heterocycles. The SMILES string of the molecule is O=C(OCCOc1cccc(Br)c1)c1ccc(O)cc1. The van der Waals surface area contributed by atoms with Gasteiger partial charge in [-0.1, -0.05) is 22.0 Å². The summed E-state index contributed by atoms with van der Waals surface area (Å²) in [5, 5.41) is 9.13. The van der Waals surface area contributed by atoms with E-state index in [1.807, 2.05) is 24.3 Å². The van der Waals surface area contributed by atoms with Crippen LogP contribution in [0.3, 0.4) is 0 Å². The second-order valence-corrected chi connectivity index (χ2v) is 4.90. The minimum Gasteiger partial charge on any atom is -0.508 e. The molecule has 0 saturated heterocycles. The summed E-state index contributed by atoms with van der Waals surface area (Å²) in [5.74, 6) is 0.377. The van der Waals surface area contributed by atoms with E-state index in [1.54, 1.807) is 0 Å². The Balaban J connectivity index is 1.76. The molecule has 2 rings (SSSR count). The van der Waals surface area contributed by atoms with E-state index in [-0.39, 0.29) is 19.0 Å². The van der Waals surface area contributed by atoms with Gasteiger partial charge in [0.25, 0.3) is 0 Å². The first-order chi connectivity index (χ1) is 9.65. The lowest BCUT2D eigenvalue weighted by molar-refractivity contribution is 0.0450. The molecule has 0 saturated carbocycles. The van der Waals surface area contributed by atoms with Gasteiger partial charge in [-0.25, -0.2) is 4.79 Å². The lowest BCUT2D eigenvalue weighted by Crippen LogP contribution is -2.12. The first kappa shape index (κ1) is 14.4. The second-order valence-electron chi connectivity index (χ2n) is 3.99. The molecule has 5 heteroatoms. The lowest BCUT2D eigenvalue weighted by Gasteiger charge is -2.07. The first-order valence-electron chi connectivity index (χ1n) is 6.00. The number of phenols is 1. The second kappa shape index (κ2) is 6.96. The van der Waals surface area contributed by atoms with Gasteiger partial charge in [0.1, 0.15) is 24.7 Å². The summed E-state index contributed by atoms with van der Waals surface area (Å²) in [6, 6.07) is 13.3. The number of rotatable bonds is 5. The van der Waals surface area contributed by atoms with Crippen LogP contribution in [0.25, 0.3) is 0 Å². The van der Waals surface area contributed by atoms with Crippen molar-refractivity contribution in [3.8, 4) is 11.5 Å². The van der Waals surface area contributed by atoms with Crippen molar-refractivity contribution >= 4 is 21.9 Å². The third-order valence-electron chi connectivity index (χ3n) is 2.48. The first-order valence-corrected chi connectivity index (χ1v) is 6.79. The molecule has 0 amide bonds. The molecule has 0 aliphatic carbocycles. The number of aromatic hydroxyl groups is 1. The quantitative estimate of drug-likeness (QED) is 0.671. The van der Waals surface area contributed by atoms with E-state index in [0.29, 0.717) is 11.3 Å². The number of carbonyl (C=O) groups excluding carboxylic acids is 1. The average molecular weight is 337 g/mol. The molecule has 104 valence electrons. The number of hydrogen-bond donors (Lipinski definition) is 1. The van der Waals surface area contributed by atoms with Gasteiger partial charge in [0.05, 0.1) is 5.56 Å². The van der Waals surface area contributed by atoms with Crippen molar-refractivity contribution in [2.24, 2.45) is 0 Å². The highest BCUT2D eigenvalue weighted by Gasteiger charge is 2.06. The van der Waals surface area contributed by atoms with Gasteiger partial charge in [-0.3, -0.25) is 0 Å². The Morgan fingerprint density at radius 2 is 1.85 bits per heavy atom. The maximum absolute atomic E-state index is 11.7. The van der Waals surface area contributed by atoms with Gasteiger partial charge in [-0.2, -0.15) is 0 Å². The fraction of sp³-hybridized carbons (Fsp3) is 0.133. The highest BCUT2D eigenvalue weighted by molar-refractivity contribution is 9.10. The van der Waals surface area contributed by atoms with Crippen molar-refractivity contribution in [3.63, 3.8) is 0 Å². The van der Waals surface area contributed by atoms with Crippen LogP contribution < -0.4 is 4.74 Å². The zero-order valence-electron chi connectivity index (χ0n) is 10.6. The smallest absolute Gasteiger partial charge is 0.338 e. The van der Waals surface area contributed by atoms with Gasteiger partial charge >= 0.3 is 5.97 Å². The topological polar surface area (TPSA) is 55.8 Å². The summed E-state index contributed by atoms with van der Waals surface area (Å²) in [5.41, 5.74) is 0.394. The Morgan fingerprint density at radius 3 is 2.55 bits per heavy atom. The van der Waals surface area contributed by atoms with Gasteiger partial charge in [0.2, 0.25) is 0 Å². The van der Waals surface area contributed by atoms with Crippen LogP contribution >= 0.6 is 15.9 Å². The van der Waals surface area contributed by atoms with Crippen molar-refractivity contribution < 1.29 is 19.4 Å². The summed E-state index contributed by atoms with van der Waals surface area (Å²) < 4.78 is 11.4. The van der Waals surface area contributed by atoms with E-state index in [2.05, 4.69) is 15.9 Å². The Labute approximate surface area is 125 Å². The van der Waals surface area contributed by atoms with E-state index < -0.39 is 5.97 Å². The van der Waals surface area contributed by atoms with Gasteiger partial charge < -0.3 is 14.6 Å². The van der Waals surface area contributed by atoms with Crippen LogP contribution in [-0.4, -0.2) is 24.3 Å². The van der Waals surface area contributed by atoms with Crippen molar-refractivity contribution in [2.45, 2.75) is 0 Å². The fourth-order valence-electron chi connectivity index (χ4n) is 1.53. The number of ether oxygens (including phenoxy) is 2. The minimum atomic E-state index is -0.442. The van der Waals surface area contributed by atoms with Crippen LogP contribution in [0.2, 0.25) is 0 Å². The highest BCUT2D eigenvalue weighted by atomic mass is 79.9. The molecule has 0 bridgehead atoms. The van der Waals surface area contributed by atoms with E-state index in [9.17, 15) is 4.79 Å². The van der Waals surface area contributed by atoms with Gasteiger partial charge in [0.15, 0.2) is 0 Å². The molecular weight excluding hydrogens is 324 g/mol. The molecule has 2 aromatic rings. The molecule has 20 heavy (non-hydrogen) atoms. The number of phenolic OH excluding ortho intramolecular Hbond substituents is 1. The van der Waals surface area contributed by atoms with E-state index >= 15 is 0 Å². The van der Waals surface area contributed by atoms with Crippen LogP contribution in [0.5, 0.6) is 11.5 Å². The third-order valence-corrected chi connectivity index (χ3v) is 2.98. The van der Waals surface area contributed by atoms with Crippen LogP contribution in [0.4, 0.5) is 0 Å². The number of hydrogen-bond acceptors (Lipinski definition) is 4. The number of carbonyl (C=O) groups is 1. The normalized spacial score (nSPS) is 10.1. The standard InChI is InChI=1S/C15H13BrO4/c16-12-2-1-3-14(10-12)19-8-9-20-15(18)11-4-6-13(17)7-5-11/h1-7,10,17H,8-9H2. The Kier molecular flexibility index (Phi) is 5.01. The number of esters is 1. The molecule has 0 aromatic heterocycles. The van der Waals surface area contributed by atoms with E-state index in [1.165, 1.54) is 24.3 Å². The predicted molar refractivity (Wildman–Crippen MR) is 78.0 cm³/mol. The van der Waals surface area contributed by atoms with Crippen molar-refractivity contribution in [2.75, 3.05) is 13.2 Å². The van der Waals surface area contributed by atoms with Crippen molar-refractivity contribution in [1.82, 2.24) is 0 Å². The molecule has 4 nitrogen and oxygen atoms in total. The third kappa shape index (κ3) is 4.28. The van der Waals surface area contributed by atoms with E-state index in [4.69, 9.17) is 14.6 Å². The summed E-state index contributed by atoms with van der Waals surface area (Å²) in [6.45, 7) is 0.437. The lowest BCUT2D eigenvalue weighted by atomic mass is 10.2. The summed E-state index contributed by atoms with van der Waals surface area (Å²) >= 11 is 3.34. The molecular formula is C15H13BrO4. The molecule has 2 aromatic carbocycles. The maximum Gasteiger partial charge on any atom is 0.338 e. The van der Waals surface area contributed by atoms with Crippen LogP contribution in [-0.2, 0) is 4.74 Å². The molecule has 0 atom stereocenters. The maximum atomic E-state index is 11.7. The molecule has 0 aliphatic rings. The molecule has 1 N–H and O–H groups in total. The molecule has 0 spiro atoms. The monoisotopic (exact) mass is 336 g/mol. The molecule has 0 unspecified atom stereocenters. The summed E-state index contributed by atoms with van der Waals surface area (Å²) in [6.07, 6.45) is 0. The van der Waals surface area contributed by atoms with E-state index in [0.717, 1.165) is 4.47 Å². The molecule has 0 fully saturated rings. The number of halogens is 1. The summed E-state index contributed by atoms with van der Waals surface area (Å²) in [7, 11) is 0. The zero-order valence-corrected chi connectivity index (χ0v) is 12.2. The minimum absolute atomic E-state index is 0.111. The van der Waals surface area contributed by atoms with Crippen LogP contribution in [0.1, 0.15) is 10.4 Å². The van der Waals surface area contributed by atoms with Crippen LogP contribution in [0.15, 0.2) is 53.0 Å². The fourth-order valence-corrected chi connectivity index (χ4v) is 1.91. The molecule has 0 radical (unpaired) electrons. The average Bonchev–Trinajstić information content (AvgIpc) is 2.44. The number of benzene rings is 2. The summed E-state index contributed by atoms with van der Waals surface area (Å²) in [4.78, 5) is 11.7.